The molecule has 0 spiro atoms. The first kappa shape index (κ1) is 13.5. The number of hydrogen-bond donors (Lipinski definition) is 1. The minimum absolute atomic E-state index is 0.265. The summed E-state index contributed by atoms with van der Waals surface area (Å²) in [5.74, 6) is -1.26. The Kier molecular flexibility index (Phi) is 3.75. The Morgan fingerprint density at radius 2 is 1.71 bits per heavy atom. The van der Waals surface area contributed by atoms with E-state index in [1.807, 2.05) is 6.92 Å². The molecule has 6 nitrogen and oxygen atoms in total. The summed E-state index contributed by atoms with van der Waals surface area (Å²) in [4.78, 5) is 34.8. The molecule has 0 radical (unpaired) electrons. The Bertz CT molecular complexity index is 351. The number of rotatable bonds is 3. The third-order valence-corrected chi connectivity index (χ3v) is 3.18. The lowest BCUT2D eigenvalue weighted by Crippen LogP contribution is -2.49. The van der Waals surface area contributed by atoms with Gasteiger partial charge in [0.25, 0.3) is 0 Å². The van der Waals surface area contributed by atoms with Crippen molar-refractivity contribution in [3.8, 4) is 0 Å². The molecule has 0 aliphatic carbocycles. The zero-order chi connectivity index (χ0) is 13.2. The third-order valence-electron chi connectivity index (χ3n) is 3.18. The maximum Gasteiger partial charge on any atom is 0.426 e. The van der Waals surface area contributed by atoms with Gasteiger partial charge in [0.05, 0.1) is 0 Å². The quantitative estimate of drug-likeness (QED) is 0.752. The van der Waals surface area contributed by atoms with Crippen LogP contribution < -0.4 is 0 Å². The van der Waals surface area contributed by atoms with E-state index in [1.54, 1.807) is 13.8 Å². The number of carboxylic acid groups (broad SMARTS) is 1. The van der Waals surface area contributed by atoms with Gasteiger partial charge in [0.15, 0.2) is 0 Å². The Hall–Kier alpha value is -1.59. The van der Waals surface area contributed by atoms with Crippen molar-refractivity contribution in [3.63, 3.8) is 0 Å². The van der Waals surface area contributed by atoms with Crippen LogP contribution in [0, 0.1) is 5.41 Å². The van der Waals surface area contributed by atoms with Gasteiger partial charge in [-0.1, -0.05) is 20.8 Å². The van der Waals surface area contributed by atoms with E-state index in [4.69, 9.17) is 5.11 Å². The fraction of sp³-hybridized carbons (Fsp3) is 0.727. The van der Waals surface area contributed by atoms with Gasteiger partial charge in [-0.25, -0.2) is 14.8 Å². The highest BCUT2D eigenvalue weighted by molar-refractivity contribution is 6.37. The van der Waals surface area contributed by atoms with Crippen molar-refractivity contribution in [3.05, 3.63) is 0 Å². The minimum Gasteiger partial charge on any atom is -0.464 e. The summed E-state index contributed by atoms with van der Waals surface area (Å²) in [6.45, 7) is 5.75. The highest BCUT2D eigenvalue weighted by Crippen LogP contribution is 2.23. The Morgan fingerprint density at radius 3 is 2.18 bits per heavy atom. The van der Waals surface area contributed by atoms with Crippen LogP contribution in [0.3, 0.4) is 0 Å². The molecule has 1 aliphatic rings. The smallest absolute Gasteiger partial charge is 0.426 e. The molecule has 0 aromatic heterocycles. The molecule has 6 heteroatoms. The van der Waals surface area contributed by atoms with E-state index < -0.39 is 23.2 Å². The molecule has 0 saturated carbocycles. The van der Waals surface area contributed by atoms with Crippen molar-refractivity contribution in [2.45, 2.75) is 33.6 Å². The first-order chi connectivity index (χ1) is 7.81. The highest BCUT2D eigenvalue weighted by atomic mass is 16.4. The minimum atomic E-state index is -1.20. The van der Waals surface area contributed by atoms with Crippen LogP contribution in [0.1, 0.15) is 33.6 Å². The van der Waals surface area contributed by atoms with Crippen LogP contribution in [0.25, 0.3) is 0 Å². The number of ketones is 1. The standard InChI is InChI=1S/C11H18N2O4/c1-4-11(2,3)8(14)9(15)12-6-5-7-13(12)10(16)17/h4-7H2,1-3H3,(H,16,17). The Morgan fingerprint density at radius 1 is 1.18 bits per heavy atom. The van der Waals surface area contributed by atoms with Crippen LogP contribution in [-0.4, -0.2) is 46.0 Å². The van der Waals surface area contributed by atoms with Crippen molar-refractivity contribution in [2.75, 3.05) is 13.1 Å². The van der Waals surface area contributed by atoms with Gasteiger partial charge in [0.1, 0.15) is 0 Å². The fourth-order valence-corrected chi connectivity index (χ4v) is 1.59. The summed E-state index contributed by atoms with van der Waals surface area (Å²) >= 11 is 0. The van der Waals surface area contributed by atoms with Crippen LogP contribution in [0.4, 0.5) is 4.79 Å². The number of amides is 2. The molecular weight excluding hydrogens is 224 g/mol. The number of hydrazine groups is 1. The molecule has 0 aromatic carbocycles. The van der Waals surface area contributed by atoms with Crippen molar-refractivity contribution < 1.29 is 19.5 Å². The zero-order valence-corrected chi connectivity index (χ0v) is 10.4. The van der Waals surface area contributed by atoms with Crippen LogP contribution in [0.2, 0.25) is 0 Å². The summed E-state index contributed by atoms with van der Waals surface area (Å²) in [6, 6.07) is 0. The molecule has 1 heterocycles. The van der Waals surface area contributed by atoms with E-state index in [-0.39, 0.29) is 13.1 Å². The maximum atomic E-state index is 11.9. The largest absolute Gasteiger partial charge is 0.464 e. The molecule has 1 N–H and O–H groups in total. The van der Waals surface area contributed by atoms with E-state index >= 15 is 0 Å². The molecule has 1 rings (SSSR count). The molecule has 0 atom stereocenters. The van der Waals surface area contributed by atoms with E-state index in [0.717, 1.165) is 10.0 Å². The van der Waals surface area contributed by atoms with E-state index in [0.29, 0.717) is 12.8 Å². The number of nitrogens with zero attached hydrogens (tertiary/aromatic N) is 2. The number of carbonyl (C=O) groups is 3. The van der Waals surface area contributed by atoms with Crippen LogP contribution in [0.5, 0.6) is 0 Å². The number of carbonyl (C=O) groups excluding carboxylic acids is 2. The molecule has 2 amide bonds. The normalized spacial score (nSPS) is 16.2. The number of hydrogen-bond acceptors (Lipinski definition) is 3. The zero-order valence-electron chi connectivity index (χ0n) is 10.4. The first-order valence-electron chi connectivity index (χ1n) is 5.68. The number of Topliss-reactive ketones (excluding diaryl/α,β-unsaturated/α-hetero) is 1. The second-order valence-corrected chi connectivity index (χ2v) is 4.75. The van der Waals surface area contributed by atoms with Crippen LogP contribution >= 0.6 is 0 Å². The van der Waals surface area contributed by atoms with Crippen molar-refractivity contribution in [2.24, 2.45) is 5.41 Å². The van der Waals surface area contributed by atoms with Gasteiger partial charge in [0.2, 0.25) is 5.78 Å². The molecule has 1 saturated heterocycles. The lowest BCUT2D eigenvalue weighted by atomic mass is 9.85. The summed E-state index contributed by atoms with van der Waals surface area (Å²) in [7, 11) is 0. The summed E-state index contributed by atoms with van der Waals surface area (Å²) in [6.07, 6.45) is -0.0888. The summed E-state index contributed by atoms with van der Waals surface area (Å²) in [5, 5.41) is 10.8. The molecule has 96 valence electrons. The van der Waals surface area contributed by atoms with E-state index in [9.17, 15) is 14.4 Å². The maximum absolute atomic E-state index is 11.9. The second-order valence-electron chi connectivity index (χ2n) is 4.75. The van der Waals surface area contributed by atoms with Crippen molar-refractivity contribution in [1.29, 1.82) is 0 Å². The molecule has 17 heavy (non-hydrogen) atoms. The van der Waals surface area contributed by atoms with Crippen molar-refractivity contribution in [1.82, 2.24) is 10.0 Å². The Labute approximate surface area is 100 Å². The van der Waals surface area contributed by atoms with Crippen LogP contribution in [-0.2, 0) is 9.59 Å². The predicted molar refractivity (Wildman–Crippen MR) is 60.1 cm³/mol. The Balaban J connectivity index is 2.83. The van der Waals surface area contributed by atoms with E-state index in [1.165, 1.54) is 0 Å². The predicted octanol–water partition coefficient (Wildman–Crippen LogP) is 1.12. The van der Waals surface area contributed by atoms with Gasteiger partial charge < -0.3 is 5.11 Å². The SMILES string of the molecule is CCC(C)(C)C(=O)C(=O)N1CCCN1C(=O)O. The molecule has 1 aliphatic heterocycles. The second kappa shape index (κ2) is 4.73. The summed E-state index contributed by atoms with van der Waals surface area (Å²) < 4.78 is 0. The van der Waals surface area contributed by atoms with E-state index in [2.05, 4.69) is 0 Å². The van der Waals surface area contributed by atoms with Crippen molar-refractivity contribution >= 4 is 17.8 Å². The highest BCUT2D eigenvalue weighted by Gasteiger charge is 2.39. The third kappa shape index (κ3) is 2.57. The molecule has 0 bridgehead atoms. The first-order valence-corrected chi connectivity index (χ1v) is 5.68. The average molecular weight is 242 g/mol. The van der Waals surface area contributed by atoms with Gasteiger partial charge in [-0.2, -0.15) is 0 Å². The average Bonchev–Trinajstić information content (AvgIpc) is 2.75. The summed E-state index contributed by atoms with van der Waals surface area (Å²) in [5.41, 5.74) is -0.746. The van der Waals surface area contributed by atoms with Gasteiger partial charge in [-0.3, -0.25) is 9.59 Å². The molecule has 0 unspecified atom stereocenters. The van der Waals surface area contributed by atoms with Gasteiger partial charge in [-0.05, 0) is 12.8 Å². The topological polar surface area (TPSA) is 77.9 Å². The van der Waals surface area contributed by atoms with Gasteiger partial charge in [-0.15, -0.1) is 0 Å². The fourth-order valence-electron chi connectivity index (χ4n) is 1.59. The molecule has 1 fully saturated rings. The van der Waals surface area contributed by atoms with Crippen LogP contribution in [0.15, 0.2) is 0 Å². The van der Waals surface area contributed by atoms with Gasteiger partial charge in [0, 0.05) is 18.5 Å². The molecule has 0 aromatic rings. The monoisotopic (exact) mass is 242 g/mol. The lowest BCUT2D eigenvalue weighted by molar-refractivity contribution is -0.155. The lowest BCUT2D eigenvalue weighted by Gasteiger charge is -2.28. The van der Waals surface area contributed by atoms with Gasteiger partial charge >= 0.3 is 12.0 Å². The molecular formula is C11H18N2O4.